The predicted molar refractivity (Wildman–Crippen MR) is 63.9 cm³/mol. The van der Waals surface area contributed by atoms with E-state index in [9.17, 15) is 9.59 Å². The van der Waals surface area contributed by atoms with Gasteiger partial charge in [-0.05, 0) is 17.7 Å². The Labute approximate surface area is 105 Å². The number of benzene rings is 1. The molecule has 1 amide bonds. The highest BCUT2D eigenvalue weighted by molar-refractivity contribution is 5.76. The molecule has 0 bridgehead atoms. The lowest BCUT2D eigenvalue weighted by molar-refractivity contribution is -0.140. The third kappa shape index (κ3) is 3.38. The van der Waals surface area contributed by atoms with E-state index in [2.05, 4.69) is 5.32 Å². The maximum atomic E-state index is 10.9. The summed E-state index contributed by atoms with van der Waals surface area (Å²) in [5, 5.41) is 11.2. The van der Waals surface area contributed by atoms with Gasteiger partial charge < -0.3 is 19.9 Å². The molecular formula is C12H15NO5. The van der Waals surface area contributed by atoms with Crippen LogP contribution in [0.15, 0.2) is 18.2 Å². The highest BCUT2D eigenvalue weighted by Crippen LogP contribution is 2.27. The summed E-state index contributed by atoms with van der Waals surface area (Å²) in [6.07, 6.45) is 0.550. The molecule has 0 saturated heterocycles. The number of hydrogen-bond donors (Lipinski definition) is 2. The van der Waals surface area contributed by atoms with Crippen molar-refractivity contribution >= 4 is 12.4 Å². The average Bonchev–Trinajstić information content (AvgIpc) is 2.37. The third-order valence-corrected chi connectivity index (χ3v) is 2.46. The molecule has 0 aromatic heterocycles. The summed E-state index contributed by atoms with van der Waals surface area (Å²) in [5.41, 5.74) is 0.731. The highest BCUT2D eigenvalue weighted by Gasteiger charge is 2.17. The number of amides is 1. The molecule has 0 radical (unpaired) electrons. The van der Waals surface area contributed by atoms with Gasteiger partial charge in [0.1, 0.15) is 6.04 Å². The normalized spacial score (nSPS) is 11.4. The van der Waals surface area contributed by atoms with Gasteiger partial charge in [0, 0.05) is 6.42 Å². The van der Waals surface area contributed by atoms with Gasteiger partial charge in [0.05, 0.1) is 14.2 Å². The zero-order chi connectivity index (χ0) is 13.5. The summed E-state index contributed by atoms with van der Waals surface area (Å²) in [6.45, 7) is 0. The Hall–Kier alpha value is -2.24. The van der Waals surface area contributed by atoms with Crippen molar-refractivity contribution in [2.45, 2.75) is 12.5 Å². The lowest BCUT2D eigenvalue weighted by atomic mass is 10.1. The fraction of sp³-hybridized carbons (Fsp3) is 0.333. The molecule has 0 heterocycles. The van der Waals surface area contributed by atoms with Crippen LogP contribution in [0.2, 0.25) is 0 Å². The number of aliphatic carboxylic acids is 1. The second-order valence-electron chi connectivity index (χ2n) is 3.57. The maximum Gasteiger partial charge on any atom is 0.326 e. The van der Waals surface area contributed by atoms with Gasteiger partial charge in [-0.3, -0.25) is 4.79 Å². The van der Waals surface area contributed by atoms with Crippen LogP contribution >= 0.6 is 0 Å². The SMILES string of the molecule is COc1ccc(C[C@H](NC=O)C(=O)O)cc1OC. The molecule has 0 fully saturated rings. The highest BCUT2D eigenvalue weighted by atomic mass is 16.5. The van der Waals surface area contributed by atoms with Crippen molar-refractivity contribution < 1.29 is 24.2 Å². The number of carboxylic acid groups (broad SMARTS) is 1. The number of carbonyl (C=O) groups is 2. The Morgan fingerprint density at radius 3 is 2.56 bits per heavy atom. The first-order valence-electron chi connectivity index (χ1n) is 5.25. The van der Waals surface area contributed by atoms with Crippen LogP contribution in [-0.2, 0) is 16.0 Å². The topological polar surface area (TPSA) is 84.9 Å². The molecule has 6 nitrogen and oxygen atoms in total. The van der Waals surface area contributed by atoms with Crippen molar-refractivity contribution in [2.24, 2.45) is 0 Å². The molecule has 98 valence electrons. The Morgan fingerprint density at radius 1 is 1.39 bits per heavy atom. The molecule has 1 aromatic carbocycles. The predicted octanol–water partition coefficient (Wildman–Crippen LogP) is 0.446. The Balaban J connectivity index is 2.89. The molecule has 1 atom stereocenters. The van der Waals surface area contributed by atoms with E-state index in [1.54, 1.807) is 18.2 Å². The largest absolute Gasteiger partial charge is 0.493 e. The summed E-state index contributed by atoms with van der Waals surface area (Å²) >= 11 is 0. The van der Waals surface area contributed by atoms with Crippen LogP contribution < -0.4 is 14.8 Å². The molecule has 2 N–H and O–H groups in total. The van der Waals surface area contributed by atoms with Crippen LogP contribution in [0, 0.1) is 0 Å². The number of nitrogens with one attached hydrogen (secondary N) is 1. The molecule has 0 saturated carbocycles. The first kappa shape index (κ1) is 13.8. The Morgan fingerprint density at radius 2 is 2.06 bits per heavy atom. The van der Waals surface area contributed by atoms with Gasteiger partial charge in [-0.1, -0.05) is 6.07 Å². The van der Waals surface area contributed by atoms with Crippen molar-refractivity contribution in [3.05, 3.63) is 23.8 Å². The molecule has 0 spiro atoms. The van der Waals surface area contributed by atoms with Crippen molar-refractivity contribution in [1.29, 1.82) is 0 Å². The average molecular weight is 253 g/mol. The van der Waals surface area contributed by atoms with Crippen molar-refractivity contribution in [3.63, 3.8) is 0 Å². The van der Waals surface area contributed by atoms with Crippen LogP contribution in [0.5, 0.6) is 11.5 Å². The quantitative estimate of drug-likeness (QED) is 0.689. The second-order valence-corrected chi connectivity index (χ2v) is 3.57. The molecule has 1 aromatic rings. The first-order chi connectivity index (χ1) is 8.62. The van der Waals surface area contributed by atoms with Crippen LogP contribution in [-0.4, -0.2) is 37.7 Å². The molecule has 1 rings (SSSR count). The Kier molecular flexibility index (Phi) is 4.98. The molecule has 0 aliphatic carbocycles. The minimum Gasteiger partial charge on any atom is -0.493 e. The minimum atomic E-state index is -1.09. The van der Waals surface area contributed by atoms with Gasteiger partial charge in [-0.15, -0.1) is 0 Å². The summed E-state index contributed by atoms with van der Waals surface area (Å²) < 4.78 is 10.2. The number of carbonyl (C=O) groups excluding carboxylic acids is 1. The fourth-order valence-corrected chi connectivity index (χ4v) is 1.54. The zero-order valence-corrected chi connectivity index (χ0v) is 10.2. The molecular weight excluding hydrogens is 238 g/mol. The molecule has 0 unspecified atom stereocenters. The smallest absolute Gasteiger partial charge is 0.326 e. The number of methoxy groups -OCH3 is 2. The summed E-state index contributed by atoms with van der Waals surface area (Å²) in [7, 11) is 3.02. The van der Waals surface area contributed by atoms with E-state index in [0.717, 1.165) is 5.56 Å². The van der Waals surface area contributed by atoms with Crippen LogP contribution in [0.4, 0.5) is 0 Å². The second kappa shape index (κ2) is 6.48. The monoisotopic (exact) mass is 253 g/mol. The third-order valence-electron chi connectivity index (χ3n) is 2.46. The summed E-state index contributed by atoms with van der Waals surface area (Å²) in [5.74, 6) is -0.00130. The van der Waals surface area contributed by atoms with E-state index in [1.165, 1.54) is 14.2 Å². The van der Waals surface area contributed by atoms with Crippen molar-refractivity contribution in [1.82, 2.24) is 5.32 Å². The number of rotatable bonds is 7. The maximum absolute atomic E-state index is 10.9. The number of hydrogen-bond acceptors (Lipinski definition) is 4. The van der Waals surface area contributed by atoms with Crippen LogP contribution in [0.25, 0.3) is 0 Å². The van der Waals surface area contributed by atoms with E-state index < -0.39 is 12.0 Å². The van der Waals surface area contributed by atoms with Crippen molar-refractivity contribution in [2.75, 3.05) is 14.2 Å². The fourth-order valence-electron chi connectivity index (χ4n) is 1.54. The minimum absolute atomic E-state index is 0.175. The van der Waals surface area contributed by atoms with Gasteiger partial charge in [0.25, 0.3) is 0 Å². The standard InChI is InChI=1S/C12H15NO5/c1-17-10-4-3-8(6-11(10)18-2)5-9(12(15)16)13-7-14/h3-4,6-7,9H,5H2,1-2H3,(H,13,14)(H,15,16)/t9-/m0/s1. The summed E-state index contributed by atoms with van der Waals surface area (Å²) in [4.78, 5) is 21.2. The number of carboxylic acids is 1. The van der Waals surface area contributed by atoms with E-state index in [0.29, 0.717) is 17.9 Å². The van der Waals surface area contributed by atoms with Gasteiger partial charge >= 0.3 is 5.97 Å². The van der Waals surface area contributed by atoms with Gasteiger partial charge in [-0.2, -0.15) is 0 Å². The lowest BCUT2D eigenvalue weighted by Crippen LogP contribution is -2.37. The van der Waals surface area contributed by atoms with Crippen LogP contribution in [0.3, 0.4) is 0 Å². The van der Waals surface area contributed by atoms with E-state index in [4.69, 9.17) is 14.6 Å². The van der Waals surface area contributed by atoms with E-state index in [-0.39, 0.29) is 6.42 Å². The molecule has 0 aliphatic heterocycles. The number of ether oxygens (including phenoxy) is 2. The first-order valence-corrected chi connectivity index (χ1v) is 5.25. The zero-order valence-electron chi connectivity index (χ0n) is 10.2. The van der Waals surface area contributed by atoms with Crippen LogP contribution in [0.1, 0.15) is 5.56 Å². The van der Waals surface area contributed by atoms with Gasteiger partial charge in [0.15, 0.2) is 11.5 Å². The van der Waals surface area contributed by atoms with E-state index >= 15 is 0 Å². The summed E-state index contributed by atoms with van der Waals surface area (Å²) in [6, 6.07) is 4.14. The molecule has 6 heteroatoms. The molecule has 18 heavy (non-hydrogen) atoms. The molecule has 0 aliphatic rings. The van der Waals surface area contributed by atoms with Gasteiger partial charge in [-0.25, -0.2) is 4.79 Å². The lowest BCUT2D eigenvalue weighted by Gasteiger charge is -2.13. The van der Waals surface area contributed by atoms with Gasteiger partial charge in [0.2, 0.25) is 6.41 Å². The van der Waals surface area contributed by atoms with E-state index in [1.807, 2.05) is 0 Å². The Bertz CT molecular complexity index is 432. The van der Waals surface area contributed by atoms with Crippen molar-refractivity contribution in [3.8, 4) is 11.5 Å².